The van der Waals surface area contributed by atoms with Gasteiger partial charge in [0.2, 0.25) is 0 Å². The molecule has 0 saturated heterocycles. The molecule has 118 valence electrons. The van der Waals surface area contributed by atoms with Gasteiger partial charge in [0.05, 0.1) is 10.6 Å². The molecule has 1 aromatic rings. The second kappa shape index (κ2) is 8.38. The quantitative estimate of drug-likeness (QED) is 0.497. The van der Waals surface area contributed by atoms with E-state index < -0.39 is 9.84 Å². The molecule has 0 N–H and O–H groups in total. The van der Waals surface area contributed by atoms with Gasteiger partial charge in [-0.15, -0.1) is 6.58 Å². The molecule has 0 aliphatic carbocycles. The number of benzene rings is 1. The topological polar surface area (TPSA) is 34.1 Å². The third kappa shape index (κ3) is 4.70. The van der Waals surface area contributed by atoms with Crippen molar-refractivity contribution in [2.45, 2.75) is 64.2 Å². The van der Waals surface area contributed by atoms with Crippen LogP contribution in [0.3, 0.4) is 0 Å². The SMILES string of the molecule is C=CCCCCS(=O)(=O)c1c(CC)cc(CC)cc1CC. The highest BCUT2D eigenvalue weighted by Gasteiger charge is 2.21. The van der Waals surface area contributed by atoms with Crippen LogP contribution in [0.2, 0.25) is 0 Å². The average Bonchev–Trinajstić information content (AvgIpc) is 2.49. The van der Waals surface area contributed by atoms with Gasteiger partial charge in [-0.25, -0.2) is 8.42 Å². The van der Waals surface area contributed by atoms with Crippen molar-refractivity contribution in [3.05, 3.63) is 41.5 Å². The molecule has 0 aliphatic rings. The lowest BCUT2D eigenvalue weighted by molar-refractivity contribution is 0.589. The highest BCUT2D eigenvalue weighted by molar-refractivity contribution is 7.91. The predicted molar refractivity (Wildman–Crippen MR) is 90.7 cm³/mol. The number of rotatable bonds is 9. The summed E-state index contributed by atoms with van der Waals surface area (Å²) < 4.78 is 25.5. The molecule has 0 atom stereocenters. The van der Waals surface area contributed by atoms with Gasteiger partial charge in [-0.2, -0.15) is 0 Å². The van der Waals surface area contributed by atoms with Crippen molar-refractivity contribution in [2.75, 3.05) is 5.75 Å². The summed E-state index contributed by atoms with van der Waals surface area (Å²) in [5, 5.41) is 0. The number of hydrogen-bond donors (Lipinski definition) is 0. The van der Waals surface area contributed by atoms with Crippen LogP contribution in [0.4, 0.5) is 0 Å². The second-order valence-electron chi connectivity index (χ2n) is 5.41. The van der Waals surface area contributed by atoms with Gasteiger partial charge in [0.15, 0.2) is 9.84 Å². The van der Waals surface area contributed by atoms with Gasteiger partial charge in [0, 0.05) is 0 Å². The fourth-order valence-electron chi connectivity index (χ4n) is 2.64. The molecule has 0 fully saturated rings. The van der Waals surface area contributed by atoms with Gasteiger partial charge in [-0.05, 0) is 55.2 Å². The van der Waals surface area contributed by atoms with E-state index in [9.17, 15) is 8.42 Å². The van der Waals surface area contributed by atoms with Crippen molar-refractivity contribution >= 4 is 9.84 Å². The summed E-state index contributed by atoms with van der Waals surface area (Å²) >= 11 is 0. The highest BCUT2D eigenvalue weighted by Crippen LogP contribution is 2.26. The fourth-order valence-corrected chi connectivity index (χ4v) is 4.63. The van der Waals surface area contributed by atoms with Gasteiger partial charge in [-0.1, -0.05) is 39.0 Å². The summed E-state index contributed by atoms with van der Waals surface area (Å²) in [7, 11) is -3.19. The van der Waals surface area contributed by atoms with Crippen LogP contribution in [0.15, 0.2) is 29.7 Å². The molecule has 0 aliphatic heterocycles. The lowest BCUT2D eigenvalue weighted by Gasteiger charge is -2.16. The van der Waals surface area contributed by atoms with Gasteiger partial charge in [0.1, 0.15) is 0 Å². The van der Waals surface area contributed by atoms with E-state index in [1.54, 1.807) is 0 Å². The summed E-state index contributed by atoms with van der Waals surface area (Å²) in [6, 6.07) is 4.13. The summed E-state index contributed by atoms with van der Waals surface area (Å²) in [5.41, 5.74) is 3.19. The first-order valence-corrected chi connectivity index (χ1v) is 9.63. The summed E-state index contributed by atoms with van der Waals surface area (Å²) in [6.07, 6.45) is 6.79. The van der Waals surface area contributed by atoms with Crippen LogP contribution in [0.25, 0.3) is 0 Å². The monoisotopic (exact) mass is 308 g/mol. The molecule has 1 rings (SSSR count). The fraction of sp³-hybridized carbons (Fsp3) is 0.556. The highest BCUT2D eigenvalue weighted by atomic mass is 32.2. The van der Waals surface area contributed by atoms with Crippen LogP contribution in [0.1, 0.15) is 56.7 Å². The van der Waals surface area contributed by atoms with Crippen molar-refractivity contribution in [1.29, 1.82) is 0 Å². The number of aryl methyl sites for hydroxylation is 3. The van der Waals surface area contributed by atoms with E-state index in [-0.39, 0.29) is 5.75 Å². The lowest BCUT2D eigenvalue weighted by Crippen LogP contribution is -2.13. The lowest BCUT2D eigenvalue weighted by atomic mass is 10.0. The Hall–Kier alpha value is -1.09. The minimum Gasteiger partial charge on any atom is -0.224 e. The van der Waals surface area contributed by atoms with E-state index in [0.29, 0.717) is 11.3 Å². The van der Waals surface area contributed by atoms with E-state index in [4.69, 9.17) is 0 Å². The minimum atomic E-state index is -3.19. The van der Waals surface area contributed by atoms with Gasteiger partial charge < -0.3 is 0 Å². The maximum atomic E-state index is 12.7. The first-order valence-electron chi connectivity index (χ1n) is 7.98. The molecule has 2 nitrogen and oxygen atoms in total. The predicted octanol–water partition coefficient (Wildman–Crippen LogP) is 4.50. The zero-order valence-corrected chi connectivity index (χ0v) is 14.4. The maximum absolute atomic E-state index is 12.7. The zero-order valence-electron chi connectivity index (χ0n) is 13.6. The molecule has 0 heterocycles. The largest absolute Gasteiger partial charge is 0.224 e. The van der Waals surface area contributed by atoms with Crippen LogP contribution in [0, 0.1) is 0 Å². The van der Waals surface area contributed by atoms with E-state index >= 15 is 0 Å². The van der Waals surface area contributed by atoms with Crippen LogP contribution in [-0.2, 0) is 29.1 Å². The average molecular weight is 308 g/mol. The Balaban J connectivity index is 3.17. The van der Waals surface area contributed by atoms with Crippen molar-refractivity contribution in [3.8, 4) is 0 Å². The molecule has 0 spiro atoms. The first kappa shape index (κ1) is 18.0. The smallest absolute Gasteiger partial charge is 0.178 e. The third-order valence-electron chi connectivity index (χ3n) is 3.85. The zero-order chi connectivity index (χ0) is 15.9. The number of unbranched alkanes of at least 4 members (excludes halogenated alkanes) is 2. The van der Waals surface area contributed by atoms with Crippen LogP contribution >= 0.6 is 0 Å². The van der Waals surface area contributed by atoms with Crippen molar-refractivity contribution < 1.29 is 8.42 Å². The number of hydrogen-bond acceptors (Lipinski definition) is 2. The Morgan fingerprint density at radius 1 is 1.00 bits per heavy atom. The van der Waals surface area contributed by atoms with E-state index in [2.05, 4.69) is 25.6 Å². The van der Waals surface area contributed by atoms with Crippen LogP contribution in [-0.4, -0.2) is 14.2 Å². The normalized spacial score (nSPS) is 11.6. The molecule has 0 aromatic heterocycles. The second-order valence-corrected chi connectivity index (χ2v) is 7.45. The molecular weight excluding hydrogens is 280 g/mol. The Labute approximate surface area is 130 Å². The Bertz CT molecular complexity index is 546. The van der Waals surface area contributed by atoms with E-state index in [0.717, 1.165) is 43.2 Å². The van der Waals surface area contributed by atoms with Crippen molar-refractivity contribution in [2.24, 2.45) is 0 Å². The maximum Gasteiger partial charge on any atom is 0.178 e. The molecule has 3 heteroatoms. The van der Waals surface area contributed by atoms with Crippen LogP contribution in [0.5, 0.6) is 0 Å². The molecule has 21 heavy (non-hydrogen) atoms. The van der Waals surface area contributed by atoms with Crippen molar-refractivity contribution in [3.63, 3.8) is 0 Å². The third-order valence-corrected chi connectivity index (χ3v) is 5.83. The van der Waals surface area contributed by atoms with Gasteiger partial charge >= 0.3 is 0 Å². The molecular formula is C18H28O2S. The Morgan fingerprint density at radius 2 is 1.57 bits per heavy atom. The standard InChI is InChI=1S/C18H28O2S/c1-5-9-10-11-12-21(19,20)18-16(7-3)13-15(6-2)14-17(18)8-4/h5,13-14H,1,6-12H2,2-4H3. The van der Waals surface area contributed by atoms with E-state index in [1.165, 1.54) is 5.56 Å². The molecule has 0 unspecified atom stereocenters. The summed E-state index contributed by atoms with van der Waals surface area (Å²) in [6.45, 7) is 9.85. The number of sulfone groups is 1. The molecule has 0 saturated carbocycles. The summed E-state index contributed by atoms with van der Waals surface area (Å²) in [4.78, 5) is 0.600. The molecule has 1 aromatic carbocycles. The molecule has 0 radical (unpaired) electrons. The van der Waals surface area contributed by atoms with Gasteiger partial charge in [0.25, 0.3) is 0 Å². The summed E-state index contributed by atoms with van der Waals surface area (Å²) in [5.74, 6) is 0.242. The first-order chi connectivity index (χ1) is 10.00. The van der Waals surface area contributed by atoms with Gasteiger partial charge in [-0.3, -0.25) is 0 Å². The van der Waals surface area contributed by atoms with Crippen LogP contribution < -0.4 is 0 Å². The minimum absolute atomic E-state index is 0.242. The van der Waals surface area contributed by atoms with Crippen molar-refractivity contribution in [1.82, 2.24) is 0 Å². The Kier molecular flexibility index (Phi) is 7.16. The van der Waals surface area contributed by atoms with E-state index in [1.807, 2.05) is 19.9 Å². The molecule has 0 bridgehead atoms. The molecule has 0 amide bonds. The number of allylic oxidation sites excluding steroid dienone is 1. The Morgan fingerprint density at radius 3 is 2.00 bits per heavy atom.